The van der Waals surface area contributed by atoms with Crippen molar-refractivity contribution < 1.29 is 9.53 Å². The summed E-state index contributed by atoms with van der Waals surface area (Å²) in [5.74, 6) is 1.60. The molecule has 0 aromatic carbocycles. The molecule has 146 valence electrons. The predicted molar refractivity (Wildman–Crippen MR) is 103 cm³/mol. The Balaban J connectivity index is 1.65. The van der Waals surface area contributed by atoms with E-state index in [1.165, 1.54) is 0 Å². The Bertz CT molecular complexity index is 795. The van der Waals surface area contributed by atoms with Crippen LogP contribution in [-0.4, -0.2) is 59.0 Å². The van der Waals surface area contributed by atoms with Gasteiger partial charge in [-0.25, -0.2) is 14.6 Å². The second-order valence-corrected chi connectivity index (χ2v) is 7.13. The highest BCUT2D eigenvalue weighted by Gasteiger charge is 2.18. The molecule has 1 amide bonds. The van der Waals surface area contributed by atoms with Gasteiger partial charge in [-0.15, -0.1) is 0 Å². The van der Waals surface area contributed by atoms with Gasteiger partial charge in [0.25, 0.3) is 0 Å². The largest absolute Gasteiger partial charge is 0.376 e. The van der Waals surface area contributed by atoms with Gasteiger partial charge in [0, 0.05) is 45.4 Å². The first-order valence-electron chi connectivity index (χ1n) is 9.39. The molecule has 0 aliphatic carbocycles. The number of aryl methyl sites for hydroxylation is 1. The summed E-state index contributed by atoms with van der Waals surface area (Å²) >= 11 is 0. The summed E-state index contributed by atoms with van der Waals surface area (Å²) in [5.41, 5.74) is 3.01. The fourth-order valence-electron chi connectivity index (χ4n) is 3.32. The second-order valence-electron chi connectivity index (χ2n) is 7.13. The van der Waals surface area contributed by atoms with Crippen LogP contribution in [0.15, 0.2) is 12.4 Å². The van der Waals surface area contributed by atoms with Gasteiger partial charge < -0.3 is 15.0 Å². The van der Waals surface area contributed by atoms with Crippen LogP contribution in [0.5, 0.6) is 0 Å². The zero-order valence-corrected chi connectivity index (χ0v) is 16.5. The van der Waals surface area contributed by atoms with E-state index in [1.54, 1.807) is 6.33 Å². The number of nitrogens with one attached hydrogen (secondary N) is 1. The normalized spacial score (nSPS) is 16.5. The lowest BCUT2D eigenvalue weighted by Crippen LogP contribution is -2.31. The molecule has 1 saturated heterocycles. The van der Waals surface area contributed by atoms with E-state index >= 15 is 0 Å². The van der Waals surface area contributed by atoms with Crippen molar-refractivity contribution in [1.29, 1.82) is 0 Å². The molecule has 1 unspecified atom stereocenters. The van der Waals surface area contributed by atoms with Gasteiger partial charge in [0.05, 0.1) is 11.8 Å². The van der Waals surface area contributed by atoms with Gasteiger partial charge in [-0.05, 0) is 38.7 Å². The molecule has 1 fully saturated rings. The van der Waals surface area contributed by atoms with Crippen molar-refractivity contribution in [2.24, 2.45) is 0 Å². The zero-order valence-electron chi connectivity index (χ0n) is 16.5. The Morgan fingerprint density at radius 3 is 2.89 bits per heavy atom. The lowest BCUT2D eigenvalue weighted by molar-refractivity contribution is -0.121. The standard InChI is InChI=1S/C19H28N6O2/c1-13-16(7-8-19(26)20-11-15-6-5-9-27-15)14(2)25(23-13)18-10-17(24(3)4)21-12-22-18/h10,12,15H,5-9,11H2,1-4H3,(H,20,26). The van der Waals surface area contributed by atoms with E-state index in [2.05, 4.69) is 20.4 Å². The molecule has 8 nitrogen and oxygen atoms in total. The van der Waals surface area contributed by atoms with Crippen LogP contribution in [0.4, 0.5) is 5.82 Å². The predicted octanol–water partition coefficient (Wildman–Crippen LogP) is 1.57. The third-order valence-electron chi connectivity index (χ3n) is 4.91. The molecule has 0 radical (unpaired) electrons. The molecule has 1 N–H and O–H groups in total. The molecular formula is C19H28N6O2. The lowest BCUT2D eigenvalue weighted by Gasteiger charge is -2.12. The van der Waals surface area contributed by atoms with Crippen LogP contribution < -0.4 is 10.2 Å². The summed E-state index contributed by atoms with van der Waals surface area (Å²) in [6.07, 6.45) is 4.91. The first-order valence-corrected chi connectivity index (χ1v) is 9.39. The third-order valence-corrected chi connectivity index (χ3v) is 4.91. The summed E-state index contributed by atoms with van der Waals surface area (Å²) < 4.78 is 7.36. The summed E-state index contributed by atoms with van der Waals surface area (Å²) in [7, 11) is 3.88. The van der Waals surface area contributed by atoms with E-state index in [1.807, 2.05) is 43.6 Å². The Kier molecular flexibility index (Phi) is 6.05. The molecule has 27 heavy (non-hydrogen) atoms. The Labute approximate surface area is 159 Å². The lowest BCUT2D eigenvalue weighted by atomic mass is 10.1. The van der Waals surface area contributed by atoms with Gasteiger partial charge in [-0.1, -0.05) is 0 Å². The van der Waals surface area contributed by atoms with Crippen molar-refractivity contribution in [3.63, 3.8) is 0 Å². The summed E-state index contributed by atoms with van der Waals surface area (Å²) in [6.45, 7) is 5.38. The van der Waals surface area contributed by atoms with Gasteiger partial charge in [0.15, 0.2) is 5.82 Å². The van der Waals surface area contributed by atoms with Gasteiger partial charge in [0.2, 0.25) is 5.91 Å². The number of nitrogens with zero attached hydrogens (tertiary/aromatic N) is 5. The topological polar surface area (TPSA) is 85.2 Å². The highest BCUT2D eigenvalue weighted by Crippen LogP contribution is 2.20. The van der Waals surface area contributed by atoms with Crippen molar-refractivity contribution in [2.75, 3.05) is 32.1 Å². The number of ether oxygens (including phenoxy) is 1. The van der Waals surface area contributed by atoms with Gasteiger partial charge in [-0.3, -0.25) is 4.79 Å². The average molecular weight is 372 g/mol. The molecule has 1 atom stereocenters. The van der Waals surface area contributed by atoms with Crippen LogP contribution >= 0.6 is 0 Å². The van der Waals surface area contributed by atoms with Gasteiger partial charge in [0.1, 0.15) is 12.1 Å². The molecule has 0 spiro atoms. The fourth-order valence-corrected chi connectivity index (χ4v) is 3.32. The van der Waals surface area contributed by atoms with Crippen LogP contribution in [0.2, 0.25) is 0 Å². The number of amides is 1. The summed E-state index contributed by atoms with van der Waals surface area (Å²) in [5, 5.41) is 7.60. The maximum absolute atomic E-state index is 12.2. The number of carbonyl (C=O) groups is 1. The minimum absolute atomic E-state index is 0.0500. The minimum atomic E-state index is 0.0500. The summed E-state index contributed by atoms with van der Waals surface area (Å²) in [4.78, 5) is 22.7. The van der Waals surface area contributed by atoms with Crippen molar-refractivity contribution in [3.05, 3.63) is 29.3 Å². The number of anilines is 1. The zero-order chi connectivity index (χ0) is 19.4. The maximum Gasteiger partial charge on any atom is 0.220 e. The first-order chi connectivity index (χ1) is 13.0. The maximum atomic E-state index is 12.2. The average Bonchev–Trinajstić information content (AvgIpc) is 3.27. The van der Waals surface area contributed by atoms with Crippen molar-refractivity contribution in [3.8, 4) is 5.82 Å². The van der Waals surface area contributed by atoms with Crippen LogP contribution in [-0.2, 0) is 16.0 Å². The molecule has 1 aliphatic rings. The van der Waals surface area contributed by atoms with Gasteiger partial charge >= 0.3 is 0 Å². The van der Waals surface area contributed by atoms with Crippen molar-refractivity contribution in [2.45, 2.75) is 45.6 Å². The molecule has 0 saturated carbocycles. The van der Waals surface area contributed by atoms with E-state index in [4.69, 9.17) is 4.74 Å². The third kappa shape index (κ3) is 4.63. The van der Waals surface area contributed by atoms with Crippen LogP contribution in [0, 0.1) is 13.8 Å². The van der Waals surface area contributed by atoms with E-state index in [9.17, 15) is 4.79 Å². The number of hydrogen-bond donors (Lipinski definition) is 1. The van der Waals surface area contributed by atoms with Crippen LogP contribution in [0.25, 0.3) is 5.82 Å². The van der Waals surface area contributed by atoms with Gasteiger partial charge in [-0.2, -0.15) is 5.10 Å². The molecule has 0 bridgehead atoms. The Hall–Kier alpha value is -2.48. The quantitative estimate of drug-likeness (QED) is 0.794. The second kappa shape index (κ2) is 8.47. The molecule has 3 heterocycles. The van der Waals surface area contributed by atoms with E-state index in [-0.39, 0.29) is 12.0 Å². The van der Waals surface area contributed by atoms with E-state index in [0.29, 0.717) is 19.4 Å². The van der Waals surface area contributed by atoms with E-state index < -0.39 is 0 Å². The van der Waals surface area contributed by atoms with E-state index in [0.717, 1.165) is 48.0 Å². The fraction of sp³-hybridized carbons (Fsp3) is 0.579. The van der Waals surface area contributed by atoms with Crippen molar-refractivity contribution in [1.82, 2.24) is 25.1 Å². The SMILES string of the molecule is Cc1nn(-c2cc(N(C)C)ncn2)c(C)c1CCC(=O)NCC1CCCO1. The van der Waals surface area contributed by atoms with Crippen molar-refractivity contribution >= 4 is 11.7 Å². The number of rotatable bonds is 7. The Morgan fingerprint density at radius 1 is 1.37 bits per heavy atom. The molecule has 3 rings (SSSR count). The molecular weight excluding hydrogens is 344 g/mol. The van der Waals surface area contributed by atoms with Crippen LogP contribution in [0.3, 0.4) is 0 Å². The number of aromatic nitrogens is 4. The molecule has 1 aliphatic heterocycles. The van der Waals surface area contributed by atoms with Crippen LogP contribution in [0.1, 0.15) is 36.2 Å². The number of hydrogen-bond acceptors (Lipinski definition) is 6. The minimum Gasteiger partial charge on any atom is -0.376 e. The molecule has 2 aromatic heterocycles. The molecule has 8 heteroatoms. The smallest absolute Gasteiger partial charge is 0.220 e. The molecule has 2 aromatic rings. The first kappa shape index (κ1) is 19.3. The highest BCUT2D eigenvalue weighted by atomic mass is 16.5. The number of carbonyl (C=O) groups excluding carboxylic acids is 1. The monoisotopic (exact) mass is 372 g/mol. The Morgan fingerprint density at radius 2 is 2.19 bits per heavy atom. The highest BCUT2D eigenvalue weighted by molar-refractivity contribution is 5.76. The summed E-state index contributed by atoms with van der Waals surface area (Å²) in [6, 6.07) is 1.90.